The molecule has 0 spiro atoms. The molecule has 264 valence electrons. The molecule has 3 aromatic rings. The lowest BCUT2D eigenvalue weighted by molar-refractivity contribution is -0.150. The Bertz CT molecular complexity index is 1580. The van der Waals surface area contributed by atoms with E-state index < -0.39 is 40.9 Å². The van der Waals surface area contributed by atoms with E-state index in [4.69, 9.17) is 51.4 Å². The first-order chi connectivity index (χ1) is 23.4. The predicted molar refractivity (Wildman–Crippen MR) is 194 cm³/mol. The summed E-state index contributed by atoms with van der Waals surface area (Å²) in [6, 6.07) is 25.5. The van der Waals surface area contributed by atoms with Gasteiger partial charge in [0.1, 0.15) is 22.8 Å². The van der Waals surface area contributed by atoms with Gasteiger partial charge in [0, 0.05) is 24.8 Å². The predicted octanol–water partition coefficient (Wildman–Crippen LogP) is 8.80. The molecule has 0 aliphatic carbocycles. The van der Waals surface area contributed by atoms with Gasteiger partial charge < -0.3 is 28.0 Å². The van der Waals surface area contributed by atoms with E-state index >= 15 is 0 Å². The molecule has 3 aromatic carbocycles. The molecule has 0 heterocycles. The molecule has 0 aliphatic heterocycles. The van der Waals surface area contributed by atoms with Crippen molar-refractivity contribution < 1.29 is 42.4 Å². The van der Waals surface area contributed by atoms with Gasteiger partial charge in [0.2, 0.25) is 11.8 Å². The molecule has 0 N–H and O–H groups in total. The second-order valence-electron chi connectivity index (χ2n) is 10.4. The van der Waals surface area contributed by atoms with Crippen molar-refractivity contribution >= 4 is 58.4 Å². The minimum absolute atomic E-state index is 0.00855. The molecule has 0 fully saturated rings. The van der Waals surface area contributed by atoms with Crippen molar-refractivity contribution in [3.8, 4) is 17.6 Å². The van der Waals surface area contributed by atoms with Crippen LogP contribution in [-0.4, -0.2) is 50.6 Å². The molecule has 10 nitrogen and oxygen atoms in total. The number of nitrogens with zero attached hydrogens (tertiary/aromatic N) is 1. The van der Waals surface area contributed by atoms with Crippen LogP contribution in [0.1, 0.15) is 57.3 Å². The number of benzene rings is 3. The second-order valence-corrected chi connectivity index (χ2v) is 17.4. The number of carbonyl (C=O) groups excluding carboxylic acids is 3. The first kappa shape index (κ1) is 41.7. The van der Waals surface area contributed by atoms with Crippen molar-refractivity contribution in [3.05, 3.63) is 95.0 Å². The fourth-order valence-electron chi connectivity index (χ4n) is 4.27. The Morgan fingerprint density at radius 2 is 1.47 bits per heavy atom. The van der Waals surface area contributed by atoms with Gasteiger partial charge in [-0.1, -0.05) is 79.3 Å². The molecular formula is C35H41ClNO9PS2. The van der Waals surface area contributed by atoms with Crippen LogP contribution < -0.4 is 4.74 Å². The van der Waals surface area contributed by atoms with Gasteiger partial charge in [0.25, 0.3) is 0 Å². The van der Waals surface area contributed by atoms with Crippen LogP contribution in [-0.2, 0) is 49.4 Å². The molecule has 0 radical (unpaired) electrons. The Labute approximate surface area is 302 Å². The summed E-state index contributed by atoms with van der Waals surface area (Å²) in [5, 5.41) is 9.46. The molecule has 0 amide bonds. The zero-order valence-electron chi connectivity index (χ0n) is 28.2. The summed E-state index contributed by atoms with van der Waals surface area (Å²) in [6.07, 6.45) is -1.16. The van der Waals surface area contributed by atoms with E-state index in [1.165, 1.54) is 14.2 Å². The Morgan fingerprint density at radius 3 is 2.02 bits per heavy atom. The molecule has 14 heteroatoms. The number of rotatable bonds is 16. The Hall–Kier alpha value is -3.43. The van der Waals surface area contributed by atoms with Gasteiger partial charge in [-0.05, 0) is 73.5 Å². The smallest absolute Gasteiger partial charge is 0.320 e. The van der Waals surface area contributed by atoms with Crippen LogP contribution in [0.3, 0.4) is 0 Å². The number of esters is 3. The van der Waals surface area contributed by atoms with Crippen LogP contribution in [0.15, 0.2) is 78.9 Å². The summed E-state index contributed by atoms with van der Waals surface area (Å²) in [4.78, 5) is 36.2. The first-order valence-corrected chi connectivity index (χ1v) is 19.8. The van der Waals surface area contributed by atoms with Crippen molar-refractivity contribution in [2.75, 3.05) is 27.4 Å². The van der Waals surface area contributed by atoms with E-state index in [0.29, 0.717) is 22.1 Å². The molecule has 0 saturated carbocycles. The summed E-state index contributed by atoms with van der Waals surface area (Å²) >= 11 is 12.1. The highest BCUT2D eigenvalue weighted by molar-refractivity contribution is 8.68. The molecule has 0 aliphatic rings. The van der Waals surface area contributed by atoms with Gasteiger partial charge in [-0.2, -0.15) is 5.26 Å². The third-order valence-electron chi connectivity index (χ3n) is 6.55. The van der Waals surface area contributed by atoms with Crippen molar-refractivity contribution in [3.63, 3.8) is 0 Å². The van der Waals surface area contributed by atoms with Crippen molar-refractivity contribution in [2.24, 2.45) is 5.92 Å². The van der Waals surface area contributed by atoms with E-state index in [1.807, 2.05) is 56.3 Å². The zero-order chi connectivity index (χ0) is 36.4. The summed E-state index contributed by atoms with van der Waals surface area (Å²) in [5.74, 6) is -0.720. The highest BCUT2D eigenvalue weighted by atomic mass is 35.5. The maximum absolute atomic E-state index is 13.0. The van der Waals surface area contributed by atoms with Crippen LogP contribution in [0.4, 0.5) is 0 Å². The third-order valence-corrected chi connectivity index (χ3v) is 12.7. The normalized spacial score (nSPS) is 12.7. The Morgan fingerprint density at radius 1 is 0.857 bits per heavy atom. The topological polar surface area (TPSA) is 130 Å². The number of nitriles is 1. The van der Waals surface area contributed by atoms with Gasteiger partial charge in [0.15, 0.2) is 0 Å². The number of hydrogen-bond acceptors (Lipinski definition) is 12. The van der Waals surface area contributed by atoms with Gasteiger partial charge in [-0.25, -0.2) is 0 Å². The lowest BCUT2D eigenvalue weighted by atomic mass is 9.88. The lowest BCUT2D eigenvalue weighted by Gasteiger charge is -2.22. The zero-order valence-corrected chi connectivity index (χ0v) is 31.5. The highest BCUT2D eigenvalue weighted by Gasteiger charge is 2.32. The molecule has 0 saturated heterocycles. The van der Waals surface area contributed by atoms with Crippen LogP contribution in [0.25, 0.3) is 0 Å². The number of ether oxygens (including phenoxy) is 4. The summed E-state index contributed by atoms with van der Waals surface area (Å²) < 4.78 is 31.4. The van der Waals surface area contributed by atoms with Crippen LogP contribution in [0.5, 0.6) is 11.5 Å². The third kappa shape index (κ3) is 14.1. The minimum atomic E-state index is -2.65. The number of carbonyl (C=O) groups is 3. The molecular weight excluding hydrogens is 709 g/mol. The number of halogens is 1. The van der Waals surface area contributed by atoms with E-state index in [1.54, 1.807) is 50.2 Å². The summed E-state index contributed by atoms with van der Waals surface area (Å²) in [7, 11) is 2.81. The second kappa shape index (κ2) is 21.6. The average Bonchev–Trinajstić information content (AvgIpc) is 3.08. The van der Waals surface area contributed by atoms with Crippen LogP contribution in [0.2, 0.25) is 5.02 Å². The number of hydrogen-bond donors (Lipinski definition) is 0. The molecule has 0 bridgehead atoms. The van der Waals surface area contributed by atoms with Crippen molar-refractivity contribution in [1.82, 2.24) is 0 Å². The fourth-order valence-corrected chi connectivity index (χ4v) is 8.27. The average molecular weight is 750 g/mol. The lowest BCUT2D eigenvalue weighted by Crippen LogP contribution is -2.24. The van der Waals surface area contributed by atoms with Gasteiger partial charge in [-0.15, -0.1) is 0 Å². The van der Waals surface area contributed by atoms with Gasteiger partial charge in [-0.3, -0.25) is 14.4 Å². The van der Waals surface area contributed by atoms with Crippen molar-refractivity contribution in [1.29, 1.82) is 5.26 Å². The minimum Gasteiger partial charge on any atom is -0.466 e. The van der Waals surface area contributed by atoms with E-state index in [-0.39, 0.29) is 25.6 Å². The quantitative estimate of drug-likeness (QED) is 0.0788. The Balaban J connectivity index is 0.000000381. The van der Waals surface area contributed by atoms with Gasteiger partial charge >= 0.3 is 17.9 Å². The van der Waals surface area contributed by atoms with Gasteiger partial charge in [0.05, 0.1) is 25.6 Å². The Kier molecular flexibility index (Phi) is 18.4. The molecule has 3 rings (SSSR count). The fraction of sp³-hybridized carbons (Fsp3) is 0.371. The van der Waals surface area contributed by atoms with Crippen LogP contribution >= 0.6 is 28.7 Å². The van der Waals surface area contributed by atoms with Crippen molar-refractivity contribution in [2.45, 2.75) is 51.4 Å². The summed E-state index contributed by atoms with van der Waals surface area (Å²) in [5.41, 5.74) is -1.29. The van der Waals surface area contributed by atoms with E-state index in [0.717, 1.165) is 16.9 Å². The number of para-hydroxylation sites is 1. The standard InChI is InChI=1S/C25H22ClNO3.C10H19O6PS2/c1-17(2)24(18-11-13-20(26)14-12-18)25(28)30-23(16-27)19-7-6-10-22(15-19)29-21-8-4-3-5-9-21;1-5-15-9(11)7-8(10(12)16-6-2)19-17(18,13-3)14-4/h3-15,17,23-24H,1-2H3;8H,5-7H2,1-4H3. The maximum atomic E-state index is 13.0. The summed E-state index contributed by atoms with van der Waals surface area (Å²) in [6.45, 7) is 7.74. The highest BCUT2D eigenvalue weighted by Crippen LogP contribution is 2.62. The SMILES string of the molecule is CC(C)C(C(=O)OC(C#N)c1cccc(Oc2ccccc2)c1)c1ccc(Cl)cc1.CCOC(=O)CC(SP(=S)(OC)OC)C(=O)OCC. The first-order valence-electron chi connectivity index (χ1n) is 15.3. The van der Waals surface area contributed by atoms with E-state index in [9.17, 15) is 19.6 Å². The van der Waals surface area contributed by atoms with Crippen LogP contribution in [0, 0.1) is 17.2 Å². The molecule has 49 heavy (non-hydrogen) atoms. The van der Waals surface area contributed by atoms with E-state index in [2.05, 4.69) is 6.07 Å². The molecule has 3 unspecified atom stereocenters. The molecule has 0 aromatic heterocycles. The maximum Gasteiger partial charge on any atom is 0.320 e. The monoisotopic (exact) mass is 749 g/mol. The molecule has 3 atom stereocenters. The largest absolute Gasteiger partial charge is 0.466 e.